The van der Waals surface area contributed by atoms with Gasteiger partial charge in [-0.1, -0.05) is 13.8 Å². The summed E-state index contributed by atoms with van der Waals surface area (Å²) < 4.78 is 42.0. The van der Waals surface area contributed by atoms with Crippen LogP contribution in [0.15, 0.2) is 18.5 Å². The first kappa shape index (κ1) is 15.5. The molecule has 0 radical (unpaired) electrons. The van der Waals surface area contributed by atoms with E-state index in [1.54, 1.807) is 4.68 Å². The van der Waals surface area contributed by atoms with Crippen LogP contribution in [-0.2, 0) is 13.0 Å². The van der Waals surface area contributed by atoms with Crippen LogP contribution in [0.3, 0.4) is 0 Å². The fraction of sp³-hybridized carbons (Fsp3) is 0.429. The average molecular weight is 298 g/mol. The molecule has 0 fully saturated rings. The molecule has 1 aromatic heterocycles. The van der Waals surface area contributed by atoms with Crippen LogP contribution in [0.4, 0.5) is 13.2 Å². The molecular weight excluding hydrogens is 281 g/mol. The second-order valence-corrected chi connectivity index (χ2v) is 5.35. The zero-order chi connectivity index (χ0) is 15.6. The monoisotopic (exact) mass is 298 g/mol. The Morgan fingerprint density at radius 1 is 1.19 bits per heavy atom. The highest BCUT2D eigenvalue weighted by atomic mass is 19.1. The molecule has 0 amide bonds. The van der Waals surface area contributed by atoms with E-state index in [-0.39, 0.29) is 12.0 Å². The Morgan fingerprint density at radius 3 is 2.38 bits per heavy atom. The Morgan fingerprint density at radius 2 is 1.81 bits per heavy atom. The van der Waals surface area contributed by atoms with Crippen molar-refractivity contribution in [3.63, 3.8) is 0 Å². The third-order valence-corrected chi connectivity index (χ3v) is 3.05. The number of halogens is 3. The average Bonchev–Trinajstić information content (AvgIpc) is 2.74. The maximum absolute atomic E-state index is 13.7. The van der Waals surface area contributed by atoms with Gasteiger partial charge in [-0.15, -0.1) is 0 Å². The summed E-state index contributed by atoms with van der Waals surface area (Å²) in [6, 6.07) is 0.287. The van der Waals surface area contributed by atoms with Crippen molar-refractivity contribution < 1.29 is 13.2 Å². The Hall–Kier alpha value is -1.89. The molecular formula is C14H17F3N4. The fourth-order valence-corrected chi connectivity index (χ4v) is 2.15. The lowest BCUT2D eigenvalue weighted by molar-refractivity contribution is 0.451. The zero-order valence-corrected chi connectivity index (χ0v) is 11.9. The summed E-state index contributed by atoms with van der Waals surface area (Å²) in [5.74, 6) is -2.06. The van der Waals surface area contributed by atoms with Gasteiger partial charge in [0.1, 0.15) is 29.6 Å². The lowest BCUT2D eigenvalue weighted by Crippen LogP contribution is -2.20. The summed E-state index contributed by atoms with van der Waals surface area (Å²) in [6.45, 7) is 4.67. The molecule has 1 unspecified atom stereocenters. The Kier molecular flexibility index (Phi) is 4.62. The Bertz CT molecular complexity index is 601. The number of benzene rings is 1. The first-order valence-electron chi connectivity index (χ1n) is 6.65. The van der Waals surface area contributed by atoms with Gasteiger partial charge in [-0.25, -0.2) is 22.8 Å². The number of hydrogen-bond donors (Lipinski definition) is 1. The van der Waals surface area contributed by atoms with Gasteiger partial charge < -0.3 is 5.73 Å². The van der Waals surface area contributed by atoms with E-state index >= 15 is 0 Å². The lowest BCUT2D eigenvalue weighted by Gasteiger charge is -2.15. The predicted molar refractivity (Wildman–Crippen MR) is 71.8 cm³/mol. The van der Waals surface area contributed by atoms with Crippen LogP contribution in [0.5, 0.6) is 0 Å². The largest absolute Gasteiger partial charge is 0.323 e. The van der Waals surface area contributed by atoms with Gasteiger partial charge in [0.2, 0.25) is 0 Å². The highest BCUT2D eigenvalue weighted by Gasteiger charge is 2.20. The molecule has 0 aliphatic rings. The minimum Gasteiger partial charge on any atom is -0.323 e. The number of rotatable bonds is 5. The molecule has 4 nitrogen and oxygen atoms in total. The van der Waals surface area contributed by atoms with Crippen molar-refractivity contribution in [1.29, 1.82) is 0 Å². The molecule has 0 saturated heterocycles. The van der Waals surface area contributed by atoms with Gasteiger partial charge in [-0.3, -0.25) is 0 Å². The number of aromatic nitrogens is 3. The smallest absolute Gasteiger partial charge is 0.138 e. The fourth-order valence-electron chi connectivity index (χ4n) is 2.15. The molecule has 2 aromatic rings. The van der Waals surface area contributed by atoms with Crippen molar-refractivity contribution in [2.24, 2.45) is 11.7 Å². The van der Waals surface area contributed by atoms with Crippen molar-refractivity contribution in [1.82, 2.24) is 14.8 Å². The molecule has 21 heavy (non-hydrogen) atoms. The van der Waals surface area contributed by atoms with Gasteiger partial charge in [-0.2, -0.15) is 5.10 Å². The molecule has 7 heteroatoms. The first-order chi connectivity index (χ1) is 9.88. The molecule has 2 N–H and O–H groups in total. The quantitative estimate of drug-likeness (QED) is 0.923. The van der Waals surface area contributed by atoms with Crippen molar-refractivity contribution in [3.8, 4) is 0 Å². The predicted octanol–water partition coefficient (Wildman–Crippen LogP) is 2.59. The van der Waals surface area contributed by atoms with E-state index in [0.717, 1.165) is 0 Å². The Balaban J connectivity index is 2.23. The van der Waals surface area contributed by atoms with Crippen molar-refractivity contribution in [3.05, 3.63) is 47.3 Å². The van der Waals surface area contributed by atoms with Crippen LogP contribution >= 0.6 is 0 Å². The van der Waals surface area contributed by atoms with Gasteiger partial charge in [-0.05, 0) is 5.92 Å². The van der Waals surface area contributed by atoms with Gasteiger partial charge in [0.05, 0.1) is 0 Å². The van der Waals surface area contributed by atoms with E-state index in [4.69, 9.17) is 5.73 Å². The van der Waals surface area contributed by atoms with Crippen LogP contribution in [0.2, 0.25) is 0 Å². The highest BCUT2D eigenvalue weighted by Crippen LogP contribution is 2.23. The molecule has 114 valence electrons. The molecule has 1 aromatic carbocycles. The van der Waals surface area contributed by atoms with Crippen LogP contribution < -0.4 is 5.73 Å². The molecule has 0 bridgehead atoms. The molecule has 2 rings (SSSR count). The first-order valence-corrected chi connectivity index (χ1v) is 6.65. The van der Waals surface area contributed by atoms with Gasteiger partial charge in [0, 0.05) is 36.7 Å². The standard InChI is InChI=1S/C14H17F3N4/c1-8(2)6-21-13(19-7-20-21)5-12(18)14-10(16)3-9(15)4-11(14)17/h3-4,7-8,12H,5-6,18H2,1-2H3. The third-order valence-electron chi connectivity index (χ3n) is 3.05. The number of nitrogens with zero attached hydrogens (tertiary/aromatic N) is 3. The maximum atomic E-state index is 13.7. The van der Waals surface area contributed by atoms with Crippen LogP contribution in [-0.4, -0.2) is 14.8 Å². The van der Waals surface area contributed by atoms with E-state index in [1.807, 2.05) is 13.8 Å². The molecule has 0 saturated carbocycles. The second kappa shape index (κ2) is 6.26. The normalized spacial score (nSPS) is 12.9. The summed E-state index contributed by atoms with van der Waals surface area (Å²) in [6.07, 6.45) is 1.49. The SMILES string of the molecule is CC(C)Cn1ncnc1CC(N)c1c(F)cc(F)cc1F. The lowest BCUT2D eigenvalue weighted by atomic mass is 10.0. The van der Waals surface area contributed by atoms with E-state index in [1.165, 1.54) is 6.33 Å². The molecule has 0 aliphatic carbocycles. The molecule has 1 heterocycles. The van der Waals surface area contributed by atoms with Gasteiger partial charge in [0.15, 0.2) is 0 Å². The summed E-state index contributed by atoms with van der Waals surface area (Å²) >= 11 is 0. The molecule has 1 atom stereocenters. The van der Waals surface area contributed by atoms with E-state index in [2.05, 4.69) is 10.1 Å². The number of hydrogen-bond acceptors (Lipinski definition) is 3. The highest BCUT2D eigenvalue weighted by molar-refractivity contribution is 5.24. The van der Waals surface area contributed by atoms with Crippen LogP contribution in [0.1, 0.15) is 31.3 Å². The summed E-state index contributed by atoms with van der Waals surface area (Å²) in [7, 11) is 0. The van der Waals surface area contributed by atoms with Crippen LogP contribution in [0, 0.1) is 23.4 Å². The van der Waals surface area contributed by atoms with Crippen molar-refractivity contribution in [2.75, 3.05) is 0 Å². The van der Waals surface area contributed by atoms with Gasteiger partial charge in [0.25, 0.3) is 0 Å². The molecule has 0 aliphatic heterocycles. The minimum atomic E-state index is -0.991. The minimum absolute atomic E-state index is 0.117. The molecule has 0 spiro atoms. The van der Waals surface area contributed by atoms with E-state index in [0.29, 0.717) is 30.4 Å². The van der Waals surface area contributed by atoms with E-state index < -0.39 is 23.5 Å². The van der Waals surface area contributed by atoms with Crippen LogP contribution in [0.25, 0.3) is 0 Å². The van der Waals surface area contributed by atoms with Crippen molar-refractivity contribution >= 4 is 0 Å². The zero-order valence-electron chi connectivity index (χ0n) is 11.9. The third kappa shape index (κ3) is 3.60. The Labute approximate surface area is 120 Å². The topological polar surface area (TPSA) is 56.7 Å². The maximum Gasteiger partial charge on any atom is 0.138 e. The van der Waals surface area contributed by atoms with Crippen molar-refractivity contribution in [2.45, 2.75) is 32.9 Å². The number of nitrogens with two attached hydrogens (primary N) is 1. The second-order valence-electron chi connectivity index (χ2n) is 5.35. The summed E-state index contributed by atoms with van der Waals surface area (Å²) in [5.41, 5.74) is 5.52. The summed E-state index contributed by atoms with van der Waals surface area (Å²) in [4.78, 5) is 4.06. The van der Waals surface area contributed by atoms with E-state index in [9.17, 15) is 13.2 Å². The van der Waals surface area contributed by atoms with Gasteiger partial charge >= 0.3 is 0 Å². The summed E-state index contributed by atoms with van der Waals surface area (Å²) in [5, 5.41) is 4.06.